The van der Waals surface area contributed by atoms with Crippen LogP contribution in [0, 0.1) is 0 Å². The zero-order valence-electron chi connectivity index (χ0n) is 11.6. The zero-order valence-corrected chi connectivity index (χ0v) is 11.6. The Balaban J connectivity index is 2.33. The summed E-state index contributed by atoms with van der Waals surface area (Å²) in [5, 5.41) is 6.06. The molecule has 0 saturated heterocycles. The lowest BCUT2D eigenvalue weighted by Crippen LogP contribution is -2.31. The summed E-state index contributed by atoms with van der Waals surface area (Å²) in [4.78, 5) is 11.7. The van der Waals surface area contributed by atoms with E-state index in [0.29, 0.717) is 26.3 Å². The summed E-state index contributed by atoms with van der Waals surface area (Å²) < 4.78 is 11.8. The van der Waals surface area contributed by atoms with Crippen LogP contribution in [0.25, 0.3) is 0 Å². The second-order valence-electron chi connectivity index (χ2n) is 4.14. The summed E-state index contributed by atoms with van der Waals surface area (Å²) in [5.74, 6) is -0.00797. The molecule has 0 aliphatic carbocycles. The van der Waals surface area contributed by atoms with E-state index in [1.54, 1.807) is 14.2 Å². The molecule has 0 atom stereocenters. The zero-order chi connectivity index (χ0) is 13.9. The van der Waals surface area contributed by atoms with Gasteiger partial charge in [-0.15, -0.1) is 0 Å². The highest BCUT2D eigenvalue weighted by Gasteiger charge is 2.05. The summed E-state index contributed by atoms with van der Waals surface area (Å²) in [6.07, 6.45) is 1.91. The second-order valence-corrected chi connectivity index (χ2v) is 4.14. The van der Waals surface area contributed by atoms with Gasteiger partial charge in [0.25, 0.3) is 0 Å². The summed E-state index contributed by atoms with van der Waals surface area (Å²) >= 11 is 0. The van der Waals surface area contributed by atoms with Crippen molar-refractivity contribution in [3.8, 4) is 0 Å². The standard InChI is InChI=1S/C13H23N3O3/c1-18-8-5-14-10-12-4-3-7-16(12)11-13(17)15-6-9-19-2/h3-4,7,14H,5-6,8-11H2,1-2H3,(H,15,17). The van der Waals surface area contributed by atoms with Crippen LogP contribution in [0.15, 0.2) is 18.3 Å². The van der Waals surface area contributed by atoms with Gasteiger partial charge in [0.2, 0.25) is 5.91 Å². The lowest BCUT2D eigenvalue weighted by atomic mass is 10.4. The van der Waals surface area contributed by atoms with E-state index >= 15 is 0 Å². The van der Waals surface area contributed by atoms with Gasteiger partial charge in [0.05, 0.1) is 13.2 Å². The number of amides is 1. The van der Waals surface area contributed by atoms with Gasteiger partial charge in [-0.2, -0.15) is 0 Å². The first-order chi connectivity index (χ1) is 9.27. The van der Waals surface area contributed by atoms with Gasteiger partial charge in [0.1, 0.15) is 6.54 Å². The van der Waals surface area contributed by atoms with Gasteiger partial charge in [0, 0.05) is 45.7 Å². The van der Waals surface area contributed by atoms with E-state index in [9.17, 15) is 4.79 Å². The number of nitrogens with one attached hydrogen (secondary N) is 2. The highest BCUT2D eigenvalue weighted by molar-refractivity contribution is 5.75. The topological polar surface area (TPSA) is 64.5 Å². The van der Waals surface area contributed by atoms with Crippen molar-refractivity contribution in [1.29, 1.82) is 0 Å². The van der Waals surface area contributed by atoms with Crippen LogP contribution in [0.5, 0.6) is 0 Å². The number of carbonyl (C=O) groups is 1. The Morgan fingerprint density at radius 1 is 1.26 bits per heavy atom. The van der Waals surface area contributed by atoms with Crippen molar-refractivity contribution in [1.82, 2.24) is 15.2 Å². The number of carbonyl (C=O) groups excluding carboxylic acids is 1. The minimum atomic E-state index is -0.00797. The quantitative estimate of drug-likeness (QED) is 0.586. The third kappa shape index (κ3) is 6.37. The minimum Gasteiger partial charge on any atom is -0.383 e. The molecule has 0 fully saturated rings. The number of hydrogen-bond donors (Lipinski definition) is 2. The van der Waals surface area contributed by atoms with Gasteiger partial charge >= 0.3 is 0 Å². The van der Waals surface area contributed by atoms with Gasteiger partial charge in [-0.3, -0.25) is 4.79 Å². The molecule has 6 heteroatoms. The molecule has 0 spiro atoms. The molecule has 0 radical (unpaired) electrons. The second kappa shape index (κ2) is 9.55. The van der Waals surface area contributed by atoms with E-state index in [1.807, 2.05) is 22.9 Å². The molecule has 6 nitrogen and oxygen atoms in total. The number of nitrogens with zero attached hydrogens (tertiary/aromatic N) is 1. The van der Waals surface area contributed by atoms with Gasteiger partial charge in [-0.1, -0.05) is 0 Å². The monoisotopic (exact) mass is 269 g/mol. The summed E-state index contributed by atoms with van der Waals surface area (Å²) in [6, 6.07) is 3.94. The van der Waals surface area contributed by atoms with E-state index in [0.717, 1.165) is 18.8 Å². The summed E-state index contributed by atoms with van der Waals surface area (Å²) in [5.41, 5.74) is 1.08. The Bertz CT molecular complexity index is 366. The normalized spacial score (nSPS) is 10.6. The number of hydrogen-bond acceptors (Lipinski definition) is 4. The maximum Gasteiger partial charge on any atom is 0.240 e. The molecule has 0 aliphatic heterocycles. The van der Waals surface area contributed by atoms with Gasteiger partial charge in [-0.05, 0) is 12.1 Å². The molecule has 19 heavy (non-hydrogen) atoms. The van der Waals surface area contributed by atoms with E-state index < -0.39 is 0 Å². The van der Waals surface area contributed by atoms with Crippen LogP contribution in [0.2, 0.25) is 0 Å². The largest absolute Gasteiger partial charge is 0.383 e. The van der Waals surface area contributed by atoms with E-state index in [-0.39, 0.29) is 5.91 Å². The fraction of sp³-hybridized carbons (Fsp3) is 0.615. The molecule has 0 saturated carbocycles. The smallest absolute Gasteiger partial charge is 0.240 e. The number of aromatic nitrogens is 1. The fourth-order valence-electron chi connectivity index (χ4n) is 1.66. The van der Waals surface area contributed by atoms with Crippen LogP contribution in [0.4, 0.5) is 0 Å². The molecule has 2 N–H and O–H groups in total. The van der Waals surface area contributed by atoms with Gasteiger partial charge < -0.3 is 24.7 Å². The first-order valence-corrected chi connectivity index (χ1v) is 6.37. The predicted octanol–water partition coefficient (Wildman–Crippen LogP) is -0.0133. The average Bonchev–Trinajstić information content (AvgIpc) is 2.82. The van der Waals surface area contributed by atoms with Crippen molar-refractivity contribution in [2.45, 2.75) is 13.1 Å². The van der Waals surface area contributed by atoms with Gasteiger partial charge in [0.15, 0.2) is 0 Å². The molecule has 0 aliphatic rings. The first kappa shape index (κ1) is 15.7. The van der Waals surface area contributed by atoms with Crippen LogP contribution < -0.4 is 10.6 Å². The van der Waals surface area contributed by atoms with Crippen LogP contribution in [0.3, 0.4) is 0 Å². The molecule has 108 valence electrons. The molecular weight excluding hydrogens is 246 g/mol. The molecule has 0 aromatic carbocycles. The number of methoxy groups -OCH3 is 2. The predicted molar refractivity (Wildman–Crippen MR) is 72.9 cm³/mol. The van der Waals surface area contributed by atoms with Crippen LogP contribution >= 0.6 is 0 Å². The van der Waals surface area contributed by atoms with Crippen molar-refractivity contribution in [2.75, 3.05) is 40.5 Å². The molecule has 1 aromatic heterocycles. The summed E-state index contributed by atoms with van der Waals surface area (Å²) in [6.45, 7) is 3.60. The Morgan fingerprint density at radius 3 is 2.74 bits per heavy atom. The van der Waals surface area contributed by atoms with Crippen molar-refractivity contribution in [3.63, 3.8) is 0 Å². The maximum atomic E-state index is 11.7. The summed E-state index contributed by atoms with van der Waals surface area (Å²) in [7, 11) is 3.29. The lowest BCUT2D eigenvalue weighted by molar-refractivity contribution is -0.121. The van der Waals surface area contributed by atoms with E-state index in [1.165, 1.54) is 0 Å². The average molecular weight is 269 g/mol. The van der Waals surface area contributed by atoms with Crippen molar-refractivity contribution in [2.24, 2.45) is 0 Å². The Kier molecular flexibility index (Phi) is 7.88. The lowest BCUT2D eigenvalue weighted by Gasteiger charge is -2.10. The molecule has 1 heterocycles. The van der Waals surface area contributed by atoms with Crippen molar-refractivity contribution in [3.05, 3.63) is 24.0 Å². The van der Waals surface area contributed by atoms with Crippen LogP contribution in [-0.2, 0) is 27.4 Å². The fourth-order valence-corrected chi connectivity index (χ4v) is 1.66. The SMILES string of the molecule is COCCNCc1cccn1CC(=O)NCCOC. The van der Waals surface area contributed by atoms with Crippen molar-refractivity contribution >= 4 is 5.91 Å². The minimum absolute atomic E-state index is 0.00797. The van der Waals surface area contributed by atoms with Crippen LogP contribution in [-0.4, -0.2) is 51.0 Å². The molecular formula is C13H23N3O3. The molecule has 0 unspecified atom stereocenters. The molecule has 0 bridgehead atoms. The Labute approximate surface area is 114 Å². The van der Waals surface area contributed by atoms with E-state index in [4.69, 9.17) is 9.47 Å². The molecule has 1 amide bonds. The highest BCUT2D eigenvalue weighted by atomic mass is 16.5. The third-order valence-corrected chi connectivity index (χ3v) is 2.65. The van der Waals surface area contributed by atoms with Crippen molar-refractivity contribution < 1.29 is 14.3 Å². The number of rotatable bonds is 10. The molecule has 1 aromatic rings. The van der Waals surface area contributed by atoms with Crippen LogP contribution in [0.1, 0.15) is 5.69 Å². The Morgan fingerprint density at radius 2 is 2.00 bits per heavy atom. The number of ether oxygens (including phenoxy) is 2. The Hall–Kier alpha value is -1.37. The van der Waals surface area contributed by atoms with E-state index in [2.05, 4.69) is 10.6 Å². The third-order valence-electron chi connectivity index (χ3n) is 2.65. The molecule has 1 rings (SSSR count). The maximum absolute atomic E-state index is 11.7. The first-order valence-electron chi connectivity index (χ1n) is 6.37. The highest BCUT2D eigenvalue weighted by Crippen LogP contribution is 2.01. The van der Waals surface area contributed by atoms with Gasteiger partial charge in [-0.25, -0.2) is 0 Å².